The summed E-state index contributed by atoms with van der Waals surface area (Å²) in [6.45, 7) is 8.18. The smallest absolute Gasteiger partial charge is 0.255 e. The number of rotatable bonds is 4. The highest BCUT2D eigenvalue weighted by Crippen LogP contribution is 2.20. The third-order valence-electron chi connectivity index (χ3n) is 2.37. The predicted octanol–water partition coefficient (Wildman–Crippen LogP) is 1.36. The second-order valence-corrected chi connectivity index (χ2v) is 3.24. The van der Waals surface area contributed by atoms with E-state index in [0.29, 0.717) is 12.1 Å². The minimum Gasteiger partial charge on any atom is -0.326 e. The average molecular weight is 204 g/mol. The van der Waals surface area contributed by atoms with Crippen molar-refractivity contribution in [1.82, 2.24) is 4.90 Å². The monoisotopic (exact) mass is 204 g/mol. The number of hydrogen-bond acceptors (Lipinski definition) is 2. The Morgan fingerprint density at radius 1 is 1.47 bits per heavy atom. The third kappa shape index (κ3) is 2.44. The van der Waals surface area contributed by atoms with Crippen LogP contribution in [0.2, 0.25) is 0 Å². The first-order valence-corrected chi connectivity index (χ1v) is 4.88. The summed E-state index contributed by atoms with van der Waals surface area (Å²) in [5, 5.41) is 0. The molecule has 0 unspecified atom stereocenters. The fourth-order valence-electron chi connectivity index (χ4n) is 1.55. The molecule has 0 aromatic carbocycles. The average Bonchev–Trinajstić information content (AvgIpc) is 2.26. The first-order chi connectivity index (χ1) is 7.24. The van der Waals surface area contributed by atoms with Crippen LogP contribution in [0, 0.1) is 0 Å². The van der Waals surface area contributed by atoms with Crippen molar-refractivity contribution in [2.75, 3.05) is 13.2 Å². The fraction of sp³-hybridized carbons (Fsp3) is 0.250. The van der Waals surface area contributed by atoms with E-state index in [1.165, 1.54) is 0 Å². The van der Waals surface area contributed by atoms with Crippen LogP contribution in [0.5, 0.6) is 0 Å². The van der Waals surface area contributed by atoms with E-state index in [-0.39, 0.29) is 12.6 Å². The molecule has 0 saturated heterocycles. The molecule has 1 rings (SSSR count). The lowest BCUT2D eigenvalue weighted by Crippen LogP contribution is -2.40. The van der Waals surface area contributed by atoms with Crippen molar-refractivity contribution in [3.8, 4) is 0 Å². The summed E-state index contributed by atoms with van der Waals surface area (Å²) < 4.78 is 0. The van der Waals surface area contributed by atoms with Crippen LogP contribution in [0.25, 0.3) is 0 Å². The van der Waals surface area contributed by atoms with Gasteiger partial charge in [-0.3, -0.25) is 4.79 Å². The zero-order valence-corrected chi connectivity index (χ0v) is 8.78. The molecule has 1 aliphatic heterocycles. The number of hydrogen-bond donors (Lipinski definition) is 1. The zero-order chi connectivity index (χ0) is 11.3. The van der Waals surface area contributed by atoms with Gasteiger partial charge in [0.05, 0.1) is 6.67 Å². The first-order valence-electron chi connectivity index (χ1n) is 4.88. The van der Waals surface area contributed by atoms with Gasteiger partial charge in [-0.25, -0.2) is 0 Å². The number of amides is 1. The minimum absolute atomic E-state index is 0.0394. The Morgan fingerprint density at radius 3 is 2.73 bits per heavy atom. The Hall–Kier alpha value is -1.61. The minimum atomic E-state index is -0.0394. The van der Waals surface area contributed by atoms with Gasteiger partial charge in [-0.2, -0.15) is 0 Å². The maximum atomic E-state index is 11.8. The van der Waals surface area contributed by atoms with Crippen molar-refractivity contribution >= 4 is 5.91 Å². The summed E-state index contributed by atoms with van der Waals surface area (Å²) in [6, 6.07) is 0. The maximum absolute atomic E-state index is 11.8. The molecular weight excluding hydrogens is 188 g/mol. The molecule has 0 bridgehead atoms. The van der Waals surface area contributed by atoms with Crippen molar-refractivity contribution in [3.05, 3.63) is 48.6 Å². The normalized spacial score (nSPS) is 17.4. The summed E-state index contributed by atoms with van der Waals surface area (Å²) in [4.78, 5) is 13.4. The van der Waals surface area contributed by atoms with Crippen LogP contribution in [-0.2, 0) is 4.79 Å². The van der Waals surface area contributed by atoms with E-state index in [2.05, 4.69) is 13.2 Å². The maximum Gasteiger partial charge on any atom is 0.255 e. The van der Waals surface area contributed by atoms with E-state index in [9.17, 15) is 4.79 Å². The van der Waals surface area contributed by atoms with Gasteiger partial charge in [0.25, 0.3) is 5.91 Å². The molecule has 0 fully saturated rings. The highest BCUT2D eigenvalue weighted by Gasteiger charge is 2.22. The lowest BCUT2D eigenvalue weighted by Gasteiger charge is -2.27. The topological polar surface area (TPSA) is 46.3 Å². The second kappa shape index (κ2) is 5.32. The van der Waals surface area contributed by atoms with Gasteiger partial charge in [-0.05, 0) is 12.0 Å². The van der Waals surface area contributed by atoms with Crippen LogP contribution in [0.3, 0.4) is 0 Å². The molecule has 0 atom stereocenters. The Bertz CT molecular complexity index is 340. The lowest BCUT2D eigenvalue weighted by molar-refractivity contribution is -0.127. The van der Waals surface area contributed by atoms with Crippen LogP contribution in [0.1, 0.15) is 6.42 Å². The fourth-order valence-corrected chi connectivity index (χ4v) is 1.55. The molecule has 0 aromatic rings. The Morgan fingerprint density at radius 2 is 2.20 bits per heavy atom. The van der Waals surface area contributed by atoms with Crippen LogP contribution in [0.15, 0.2) is 48.6 Å². The van der Waals surface area contributed by atoms with Gasteiger partial charge in [-0.1, -0.05) is 37.5 Å². The van der Waals surface area contributed by atoms with Gasteiger partial charge in [0, 0.05) is 12.1 Å². The lowest BCUT2D eigenvalue weighted by atomic mass is 9.99. The molecule has 0 aliphatic carbocycles. The summed E-state index contributed by atoms with van der Waals surface area (Å²) in [7, 11) is 0. The Kier molecular flexibility index (Phi) is 4.06. The van der Waals surface area contributed by atoms with Gasteiger partial charge in [0.1, 0.15) is 0 Å². The molecular formula is C12H16N2O. The van der Waals surface area contributed by atoms with Crippen molar-refractivity contribution in [2.24, 2.45) is 5.73 Å². The molecule has 0 aromatic heterocycles. The van der Waals surface area contributed by atoms with E-state index in [4.69, 9.17) is 5.73 Å². The van der Waals surface area contributed by atoms with Gasteiger partial charge >= 0.3 is 0 Å². The predicted molar refractivity (Wildman–Crippen MR) is 61.9 cm³/mol. The summed E-state index contributed by atoms with van der Waals surface area (Å²) in [6.07, 6.45) is 7.81. The van der Waals surface area contributed by atoms with Crippen molar-refractivity contribution in [2.45, 2.75) is 6.42 Å². The van der Waals surface area contributed by atoms with E-state index in [1.807, 2.05) is 12.2 Å². The van der Waals surface area contributed by atoms with Gasteiger partial charge in [0.15, 0.2) is 0 Å². The van der Waals surface area contributed by atoms with Crippen LogP contribution in [-0.4, -0.2) is 24.0 Å². The Balaban J connectivity index is 3.01. The highest BCUT2D eigenvalue weighted by molar-refractivity contribution is 5.98. The van der Waals surface area contributed by atoms with Crippen LogP contribution in [0.4, 0.5) is 0 Å². The molecule has 2 N–H and O–H groups in total. The highest BCUT2D eigenvalue weighted by atomic mass is 16.2. The molecule has 0 saturated carbocycles. The van der Waals surface area contributed by atoms with Crippen LogP contribution < -0.4 is 5.73 Å². The number of nitrogens with two attached hydrogens (primary N) is 1. The third-order valence-corrected chi connectivity index (χ3v) is 2.37. The summed E-state index contributed by atoms with van der Waals surface area (Å²) in [5.41, 5.74) is 7.11. The van der Waals surface area contributed by atoms with Crippen molar-refractivity contribution in [1.29, 1.82) is 0 Å². The standard InChI is InChI=1S/C12H16N2O/c1-3-5-6-10-7-8-14(9-13)12(15)11(10)4-2/h3-6H,1-2,7-9,13H2/b6-5-. The van der Waals surface area contributed by atoms with Gasteiger partial charge in [-0.15, -0.1) is 0 Å². The van der Waals surface area contributed by atoms with E-state index >= 15 is 0 Å². The van der Waals surface area contributed by atoms with E-state index < -0.39 is 0 Å². The summed E-state index contributed by atoms with van der Waals surface area (Å²) >= 11 is 0. The molecule has 15 heavy (non-hydrogen) atoms. The van der Waals surface area contributed by atoms with E-state index in [1.54, 1.807) is 17.1 Å². The molecule has 1 heterocycles. The van der Waals surface area contributed by atoms with Crippen molar-refractivity contribution < 1.29 is 4.79 Å². The van der Waals surface area contributed by atoms with Gasteiger partial charge in [0.2, 0.25) is 0 Å². The quantitative estimate of drug-likeness (QED) is 0.703. The van der Waals surface area contributed by atoms with Crippen LogP contribution >= 0.6 is 0 Å². The first kappa shape index (κ1) is 11.5. The molecule has 1 amide bonds. The molecule has 0 spiro atoms. The summed E-state index contributed by atoms with van der Waals surface area (Å²) in [5.74, 6) is -0.0394. The molecule has 3 nitrogen and oxygen atoms in total. The molecule has 80 valence electrons. The zero-order valence-electron chi connectivity index (χ0n) is 8.78. The number of allylic oxidation sites excluding steroid dienone is 3. The number of carbonyl (C=O) groups excluding carboxylic acids is 1. The molecule has 0 radical (unpaired) electrons. The SMILES string of the molecule is C=C/C=C\C1=C(C=C)C(=O)N(CN)CC1. The van der Waals surface area contributed by atoms with E-state index in [0.717, 1.165) is 12.0 Å². The van der Waals surface area contributed by atoms with Gasteiger partial charge < -0.3 is 10.6 Å². The Labute approximate surface area is 90.3 Å². The largest absolute Gasteiger partial charge is 0.326 e. The number of carbonyl (C=O) groups is 1. The molecule has 3 heteroatoms. The molecule has 1 aliphatic rings. The second-order valence-electron chi connectivity index (χ2n) is 3.24. The van der Waals surface area contributed by atoms with Crippen molar-refractivity contribution in [3.63, 3.8) is 0 Å². The number of nitrogens with zero attached hydrogens (tertiary/aromatic N) is 1.